The number of para-hydroxylation sites is 1. The maximum atomic E-state index is 13.6. The lowest BCUT2D eigenvalue weighted by Crippen LogP contribution is -2.33. The van der Waals surface area contributed by atoms with Crippen LogP contribution in [0.15, 0.2) is 90.5 Å². The Bertz CT molecular complexity index is 1370. The molecule has 1 amide bonds. The number of carbonyl (C=O) groups is 1. The summed E-state index contributed by atoms with van der Waals surface area (Å²) in [6, 6.07) is 22.3. The molecule has 2 heterocycles. The summed E-state index contributed by atoms with van der Waals surface area (Å²) in [7, 11) is 0. The lowest BCUT2D eigenvalue weighted by atomic mass is 10.1. The summed E-state index contributed by atoms with van der Waals surface area (Å²) in [5, 5.41) is 2.75. The zero-order valence-corrected chi connectivity index (χ0v) is 22.3. The van der Waals surface area contributed by atoms with Crippen molar-refractivity contribution in [3.8, 4) is 5.75 Å². The summed E-state index contributed by atoms with van der Waals surface area (Å²) < 4.78 is 6.38. The van der Waals surface area contributed by atoms with Gasteiger partial charge in [0.15, 0.2) is 10.9 Å². The van der Waals surface area contributed by atoms with Gasteiger partial charge in [0.1, 0.15) is 5.70 Å². The van der Waals surface area contributed by atoms with Crippen LogP contribution in [0.4, 0.5) is 11.4 Å². The smallest absolute Gasteiger partial charge is 0.277 e. The molecular formula is C31H33N3O2S. The third-order valence-corrected chi connectivity index (χ3v) is 7.35. The molecule has 190 valence electrons. The molecule has 0 atom stereocenters. The van der Waals surface area contributed by atoms with Crippen molar-refractivity contribution in [1.82, 2.24) is 4.90 Å². The van der Waals surface area contributed by atoms with Gasteiger partial charge >= 0.3 is 0 Å². The SMILES string of the molecule is CCCCCCCN1C(=O)/C(=C/C=C2\Oc3c(ccc4ccccc34)N2CC)N(c2ccccc2)C1=S. The van der Waals surface area contributed by atoms with E-state index in [1.54, 1.807) is 4.90 Å². The lowest BCUT2D eigenvalue weighted by Gasteiger charge is -2.20. The molecule has 0 radical (unpaired) electrons. The fraction of sp³-hybridized carbons (Fsp3) is 0.290. The van der Waals surface area contributed by atoms with Crippen LogP contribution in [0.1, 0.15) is 46.0 Å². The van der Waals surface area contributed by atoms with E-state index in [1.807, 2.05) is 59.5 Å². The van der Waals surface area contributed by atoms with E-state index in [0.717, 1.165) is 47.3 Å². The lowest BCUT2D eigenvalue weighted by molar-refractivity contribution is -0.122. The summed E-state index contributed by atoms with van der Waals surface area (Å²) in [4.78, 5) is 19.4. The Balaban J connectivity index is 1.47. The number of amides is 1. The maximum Gasteiger partial charge on any atom is 0.277 e. The summed E-state index contributed by atoms with van der Waals surface area (Å²) in [5.41, 5.74) is 2.46. The molecule has 5 nitrogen and oxygen atoms in total. The standard InChI is InChI=1S/C31H33N3O2S/c1-3-5-6-7-13-22-33-30(35)27(34(31(33)37)24-15-9-8-10-16-24)20-21-28-32(4-2)26-19-18-23-14-11-12-17-25(23)29(26)36-28/h8-12,14-21H,3-7,13,22H2,1-2H3/b27-20-,28-21-. The van der Waals surface area contributed by atoms with Gasteiger partial charge < -0.3 is 9.64 Å². The fourth-order valence-electron chi connectivity index (χ4n) is 5.02. The molecule has 0 unspecified atom stereocenters. The summed E-state index contributed by atoms with van der Waals surface area (Å²) in [6.45, 7) is 5.69. The van der Waals surface area contributed by atoms with Crippen LogP contribution in [0.25, 0.3) is 10.8 Å². The molecule has 0 aromatic heterocycles. The molecule has 1 fully saturated rings. The number of rotatable bonds is 9. The van der Waals surface area contributed by atoms with E-state index in [9.17, 15) is 4.79 Å². The van der Waals surface area contributed by atoms with Gasteiger partial charge in [-0.25, -0.2) is 0 Å². The highest BCUT2D eigenvalue weighted by atomic mass is 32.1. The van der Waals surface area contributed by atoms with Gasteiger partial charge in [0.05, 0.1) is 5.69 Å². The highest BCUT2D eigenvalue weighted by molar-refractivity contribution is 7.80. The number of unbranched alkanes of at least 4 members (excludes halogenated alkanes) is 4. The van der Waals surface area contributed by atoms with Gasteiger partial charge in [0.25, 0.3) is 5.91 Å². The third kappa shape index (κ3) is 4.86. The summed E-state index contributed by atoms with van der Waals surface area (Å²) in [5.74, 6) is 1.49. The van der Waals surface area contributed by atoms with E-state index in [-0.39, 0.29) is 5.91 Å². The molecular weight excluding hydrogens is 478 g/mol. The quantitative estimate of drug-likeness (QED) is 0.170. The van der Waals surface area contributed by atoms with Gasteiger partial charge in [0.2, 0.25) is 5.88 Å². The molecule has 1 saturated heterocycles. The molecule has 5 rings (SSSR count). The van der Waals surface area contributed by atoms with Gasteiger partial charge in [0, 0.05) is 30.2 Å². The van der Waals surface area contributed by atoms with Crippen molar-refractivity contribution < 1.29 is 9.53 Å². The number of allylic oxidation sites excluding steroid dienone is 2. The molecule has 3 aromatic rings. The van der Waals surface area contributed by atoms with Crippen LogP contribution < -0.4 is 14.5 Å². The van der Waals surface area contributed by atoms with Gasteiger partial charge in [-0.05, 0) is 55.2 Å². The van der Waals surface area contributed by atoms with Crippen molar-refractivity contribution in [2.75, 3.05) is 22.9 Å². The molecule has 0 N–H and O–H groups in total. The van der Waals surface area contributed by atoms with Crippen LogP contribution in [0.2, 0.25) is 0 Å². The number of thiocarbonyl (C=S) groups is 1. The fourth-order valence-corrected chi connectivity index (χ4v) is 5.40. The van der Waals surface area contributed by atoms with E-state index in [0.29, 0.717) is 23.2 Å². The first-order valence-electron chi connectivity index (χ1n) is 13.2. The second-order valence-corrected chi connectivity index (χ2v) is 9.73. The predicted octanol–water partition coefficient (Wildman–Crippen LogP) is 7.39. The average molecular weight is 512 g/mol. The van der Waals surface area contributed by atoms with Crippen molar-refractivity contribution in [2.24, 2.45) is 0 Å². The number of fused-ring (bicyclic) bond motifs is 3. The van der Waals surface area contributed by atoms with E-state index in [1.165, 1.54) is 19.3 Å². The molecule has 2 aliphatic rings. The molecule has 0 bridgehead atoms. The monoisotopic (exact) mass is 511 g/mol. The van der Waals surface area contributed by atoms with Gasteiger partial charge in [-0.3, -0.25) is 14.6 Å². The number of ether oxygens (including phenoxy) is 1. The molecule has 3 aromatic carbocycles. The molecule has 0 spiro atoms. The van der Waals surface area contributed by atoms with Gasteiger partial charge in [-0.1, -0.05) is 81.1 Å². The van der Waals surface area contributed by atoms with E-state index < -0.39 is 0 Å². The number of hydrogen-bond acceptors (Lipinski definition) is 4. The van der Waals surface area contributed by atoms with Crippen LogP contribution in [-0.2, 0) is 4.79 Å². The van der Waals surface area contributed by atoms with Crippen LogP contribution in [0, 0.1) is 0 Å². The zero-order valence-electron chi connectivity index (χ0n) is 21.5. The van der Waals surface area contributed by atoms with Crippen molar-refractivity contribution in [3.05, 3.63) is 90.5 Å². The van der Waals surface area contributed by atoms with Crippen molar-refractivity contribution in [2.45, 2.75) is 46.0 Å². The number of hydrogen-bond donors (Lipinski definition) is 0. The van der Waals surface area contributed by atoms with Crippen molar-refractivity contribution in [1.29, 1.82) is 0 Å². The first-order valence-corrected chi connectivity index (χ1v) is 13.6. The van der Waals surface area contributed by atoms with Gasteiger partial charge in [-0.15, -0.1) is 0 Å². The van der Waals surface area contributed by atoms with E-state index in [4.69, 9.17) is 17.0 Å². The Labute approximate surface area is 224 Å². The minimum Gasteiger partial charge on any atom is -0.438 e. The summed E-state index contributed by atoms with van der Waals surface area (Å²) in [6.07, 6.45) is 9.39. The Morgan fingerprint density at radius 2 is 1.59 bits per heavy atom. The number of carbonyl (C=O) groups excluding carboxylic acids is 1. The minimum absolute atomic E-state index is 0.0646. The van der Waals surface area contributed by atoms with Crippen molar-refractivity contribution in [3.63, 3.8) is 0 Å². The van der Waals surface area contributed by atoms with E-state index >= 15 is 0 Å². The highest BCUT2D eigenvalue weighted by Gasteiger charge is 2.38. The molecule has 6 heteroatoms. The maximum absolute atomic E-state index is 13.6. The Kier molecular flexibility index (Phi) is 7.56. The van der Waals surface area contributed by atoms with Gasteiger partial charge in [-0.2, -0.15) is 0 Å². The minimum atomic E-state index is -0.0646. The number of nitrogens with zero attached hydrogens (tertiary/aromatic N) is 3. The summed E-state index contributed by atoms with van der Waals surface area (Å²) >= 11 is 5.83. The predicted molar refractivity (Wildman–Crippen MR) is 156 cm³/mol. The average Bonchev–Trinajstić information content (AvgIpc) is 3.41. The second-order valence-electron chi connectivity index (χ2n) is 9.36. The first-order chi connectivity index (χ1) is 18.1. The topological polar surface area (TPSA) is 36.0 Å². The number of anilines is 2. The Morgan fingerprint density at radius 1 is 0.838 bits per heavy atom. The molecule has 0 saturated carbocycles. The van der Waals surface area contributed by atoms with Crippen molar-refractivity contribution >= 4 is 45.4 Å². The van der Waals surface area contributed by atoms with Crippen LogP contribution >= 0.6 is 12.2 Å². The third-order valence-electron chi connectivity index (χ3n) is 6.95. The molecule has 0 aliphatic carbocycles. The van der Waals surface area contributed by atoms with Crippen LogP contribution in [0.3, 0.4) is 0 Å². The highest BCUT2D eigenvalue weighted by Crippen LogP contribution is 2.44. The molecule has 37 heavy (non-hydrogen) atoms. The largest absolute Gasteiger partial charge is 0.438 e. The second kappa shape index (κ2) is 11.2. The van der Waals surface area contributed by atoms with E-state index in [2.05, 4.69) is 43.0 Å². The first kappa shape index (κ1) is 25.0. The Morgan fingerprint density at radius 3 is 2.38 bits per heavy atom. The molecule has 2 aliphatic heterocycles. The number of benzene rings is 3. The normalized spacial score (nSPS) is 17.4. The van der Waals surface area contributed by atoms with Crippen LogP contribution in [0.5, 0.6) is 5.75 Å². The Hall–Kier alpha value is -3.64. The van der Waals surface area contributed by atoms with Crippen LogP contribution in [-0.4, -0.2) is 29.0 Å². The zero-order chi connectivity index (χ0) is 25.8.